The van der Waals surface area contributed by atoms with Gasteiger partial charge in [0.25, 0.3) is 5.91 Å². The molecule has 0 N–H and O–H groups in total. The van der Waals surface area contributed by atoms with Gasteiger partial charge in [-0.15, -0.1) is 12.3 Å². The molecule has 1 aromatic rings. The number of carbonyl (C=O) groups is 2. The second kappa shape index (κ2) is 8.75. The molecule has 0 saturated carbocycles. The third-order valence-corrected chi connectivity index (χ3v) is 4.28. The van der Waals surface area contributed by atoms with Crippen LogP contribution in [0.3, 0.4) is 0 Å². The van der Waals surface area contributed by atoms with Gasteiger partial charge < -0.3 is 9.64 Å². The van der Waals surface area contributed by atoms with Gasteiger partial charge in [0, 0.05) is 25.1 Å². The van der Waals surface area contributed by atoms with E-state index in [1.807, 2.05) is 0 Å². The van der Waals surface area contributed by atoms with Gasteiger partial charge in [0.1, 0.15) is 0 Å². The fourth-order valence-electron chi connectivity index (χ4n) is 2.77. The van der Waals surface area contributed by atoms with E-state index in [9.17, 15) is 22.8 Å². The minimum Gasteiger partial charge on any atom is -0.465 e. The van der Waals surface area contributed by atoms with Crippen molar-refractivity contribution in [1.82, 2.24) is 4.90 Å². The number of hydrogen-bond acceptors (Lipinski definition) is 3. The summed E-state index contributed by atoms with van der Waals surface area (Å²) in [6, 6.07) is 4.15. The maximum atomic E-state index is 12.6. The Morgan fingerprint density at radius 3 is 2.35 bits per heavy atom. The number of esters is 1. The molecule has 0 aliphatic carbocycles. The van der Waals surface area contributed by atoms with Gasteiger partial charge in [-0.1, -0.05) is 0 Å². The third kappa shape index (κ3) is 5.25. The van der Waals surface area contributed by atoms with Crippen molar-refractivity contribution in [2.75, 3.05) is 19.7 Å². The number of alkyl halides is 3. The zero-order valence-electron chi connectivity index (χ0n) is 14.2. The zero-order valence-corrected chi connectivity index (χ0v) is 14.2. The highest BCUT2D eigenvalue weighted by Gasteiger charge is 2.31. The van der Waals surface area contributed by atoms with Gasteiger partial charge in [0.05, 0.1) is 18.1 Å². The average molecular weight is 367 g/mol. The number of rotatable bonds is 5. The van der Waals surface area contributed by atoms with Crippen molar-refractivity contribution in [2.45, 2.75) is 31.9 Å². The van der Waals surface area contributed by atoms with E-state index in [-0.39, 0.29) is 30.0 Å². The lowest BCUT2D eigenvalue weighted by atomic mass is 9.96. The van der Waals surface area contributed by atoms with Crippen LogP contribution < -0.4 is 0 Å². The first kappa shape index (κ1) is 19.8. The van der Waals surface area contributed by atoms with Crippen molar-refractivity contribution < 1.29 is 27.5 Å². The molecule has 0 unspecified atom stereocenters. The van der Waals surface area contributed by atoms with E-state index in [0.717, 1.165) is 12.1 Å². The lowest BCUT2D eigenvalue weighted by Gasteiger charge is -2.31. The predicted octanol–water partition coefficient (Wildman–Crippen LogP) is 3.51. The molecule has 0 bridgehead atoms. The van der Waals surface area contributed by atoms with Crippen LogP contribution in [-0.4, -0.2) is 36.5 Å². The molecule has 1 aliphatic rings. The molecule has 0 atom stereocenters. The standard InChI is InChI=1S/C19H20F3NO3/c1-2-3-4-13-26-18(25)15-9-11-23(12-10-15)17(24)14-5-7-16(8-6-14)19(20,21)22/h1,5-8,15H,3-4,9-13H2. The summed E-state index contributed by atoms with van der Waals surface area (Å²) in [6.07, 6.45) is 2.81. The van der Waals surface area contributed by atoms with E-state index in [1.165, 1.54) is 12.1 Å². The molecule has 2 rings (SSSR count). The van der Waals surface area contributed by atoms with Crippen LogP contribution in [0.5, 0.6) is 0 Å². The molecule has 0 spiro atoms. The van der Waals surface area contributed by atoms with E-state index in [1.54, 1.807) is 4.90 Å². The Morgan fingerprint density at radius 1 is 1.19 bits per heavy atom. The van der Waals surface area contributed by atoms with Crippen molar-refractivity contribution in [3.8, 4) is 12.3 Å². The van der Waals surface area contributed by atoms with Crippen molar-refractivity contribution in [3.05, 3.63) is 35.4 Å². The number of carbonyl (C=O) groups excluding carboxylic acids is 2. The van der Waals surface area contributed by atoms with E-state index in [0.29, 0.717) is 38.8 Å². The maximum absolute atomic E-state index is 12.6. The summed E-state index contributed by atoms with van der Waals surface area (Å²) in [7, 11) is 0. The second-order valence-electron chi connectivity index (χ2n) is 6.12. The van der Waals surface area contributed by atoms with Crippen LogP contribution in [0.4, 0.5) is 13.2 Å². The van der Waals surface area contributed by atoms with Crippen LogP contribution in [0.15, 0.2) is 24.3 Å². The number of likely N-dealkylation sites (tertiary alicyclic amines) is 1. The number of terminal acetylenes is 1. The van der Waals surface area contributed by atoms with Gasteiger partial charge in [0.15, 0.2) is 0 Å². The van der Waals surface area contributed by atoms with E-state index >= 15 is 0 Å². The molecule has 26 heavy (non-hydrogen) atoms. The van der Waals surface area contributed by atoms with Crippen molar-refractivity contribution in [3.63, 3.8) is 0 Å². The predicted molar refractivity (Wildman–Crippen MR) is 89.1 cm³/mol. The summed E-state index contributed by atoms with van der Waals surface area (Å²) < 4.78 is 42.9. The average Bonchev–Trinajstić information content (AvgIpc) is 2.64. The number of ether oxygens (including phenoxy) is 1. The van der Waals surface area contributed by atoms with E-state index in [2.05, 4.69) is 5.92 Å². The second-order valence-corrected chi connectivity index (χ2v) is 6.12. The SMILES string of the molecule is C#CCCCOC(=O)C1CCN(C(=O)c2ccc(C(F)(F)F)cc2)CC1. The van der Waals surface area contributed by atoms with Crippen LogP contribution in [-0.2, 0) is 15.7 Å². The molecule has 1 amide bonds. The minimum atomic E-state index is -4.43. The van der Waals surface area contributed by atoms with Crippen molar-refractivity contribution in [1.29, 1.82) is 0 Å². The van der Waals surface area contributed by atoms with Gasteiger partial charge in [0.2, 0.25) is 0 Å². The van der Waals surface area contributed by atoms with E-state index < -0.39 is 11.7 Å². The molecule has 1 aromatic carbocycles. The Bertz CT molecular complexity index is 669. The Morgan fingerprint density at radius 2 is 1.81 bits per heavy atom. The Balaban J connectivity index is 1.84. The smallest absolute Gasteiger partial charge is 0.416 e. The molecule has 7 heteroatoms. The summed E-state index contributed by atoms with van der Waals surface area (Å²) in [5.74, 6) is 1.58. The molecule has 1 fully saturated rings. The third-order valence-electron chi connectivity index (χ3n) is 4.28. The molecular weight excluding hydrogens is 347 g/mol. The highest BCUT2D eigenvalue weighted by atomic mass is 19.4. The molecule has 1 aliphatic heterocycles. The summed E-state index contributed by atoms with van der Waals surface area (Å²) in [4.78, 5) is 25.9. The molecule has 0 aromatic heterocycles. The molecular formula is C19H20F3NO3. The lowest BCUT2D eigenvalue weighted by molar-refractivity contribution is -0.150. The number of amides is 1. The van der Waals surface area contributed by atoms with Gasteiger partial charge >= 0.3 is 12.1 Å². The summed E-state index contributed by atoms with van der Waals surface area (Å²) in [6.45, 7) is 1.02. The summed E-state index contributed by atoms with van der Waals surface area (Å²) >= 11 is 0. The monoisotopic (exact) mass is 367 g/mol. The molecule has 0 radical (unpaired) electrons. The largest absolute Gasteiger partial charge is 0.465 e. The first-order valence-electron chi connectivity index (χ1n) is 8.39. The van der Waals surface area contributed by atoms with Gasteiger partial charge in [-0.2, -0.15) is 13.2 Å². The number of halogens is 3. The first-order chi connectivity index (χ1) is 12.3. The van der Waals surface area contributed by atoms with E-state index in [4.69, 9.17) is 11.2 Å². The van der Waals surface area contributed by atoms with Gasteiger partial charge in [-0.3, -0.25) is 9.59 Å². The number of unbranched alkanes of at least 4 members (excludes halogenated alkanes) is 1. The fourth-order valence-corrected chi connectivity index (χ4v) is 2.77. The van der Waals surface area contributed by atoms with Crippen LogP contribution >= 0.6 is 0 Å². The summed E-state index contributed by atoms with van der Waals surface area (Å²) in [5.41, 5.74) is -0.589. The van der Waals surface area contributed by atoms with Crippen LogP contribution in [0.1, 0.15) is 41.6 Å². The Labute approximate surface area is 150 Å². The molecule has 1 saturated heterocycles. The molecule has 1 heterocycles. The molecule has 4 nitrogen and oxygen atoms in total. The lowest BCUT2D eigenvalue weighted by Crippen LogP contribution is -2.40. The van der Waals surface area contributed by atoms with Gasteiger partial charge in [-0.05, 0) is 43.5 Å². The Hall–Kier alpha value is -2.49. The van der Waals surface area contributed by atoms with Crippen LogP contribution in [0.25, 0.3) is 0 Å². The quantitative estimate of drug-likeness (QED) is 0.455. The highest BCUT2D eigenvalue weighted by Crippen LogP contribution is 2.29. The summed E-state index contributed by atoms with van der Waals surface area (Å²) in [5, 5.41) is 0. The number of benzene rings is 1. The first-order valence-corrected chi connectivity index (χ1v) is 8.39. The normalized spacial score (nSPS) is 15.4. The topological polar surface area (TPSA) is 46.6 Å². The number of hydrogen-bond donors (Lipinski definition) is 0. The van der Waals surface area contributed by atoms with Crippen molar-refractivity contribution in [2.24, 2.45) is 5.92 Å². The van der Waals surface area contributed by atoms with Gasteiger partial charge in [-0.25, -0.2) is 0 Å². The zero-order chi connectivity index (χ0) is 19.2. The Kier molecular flexibility index (Phi) is 6.67. The van der Waals surface area contributed by atoms with Crippen molar-refractivity contribution >= 4 is 11.9 Å². The maximum Gasteiger partial charge on any atom is 0.416 e. The minimum absolute atomic E-state index is 0.202. The molecule has 140 valence electrons. The van der Waals surface area contributed by atoms with Crippen LogP contribution in [0, 0.1) is 18.3 Å². The highest BCUT2D eigenvalue weighted by molar-refractivity contribution is 5.94. The fraction of sp³-hybridized carbons (Fsp3) is 0.474. The number of piperidine rings is 1. The number of nitrogens with zero attached hydrogens (tertiary/aromatic N) is 1. The van der Waals surface area contributed by atoms with Crippen LogP contribution in [0.2, 0.25) is 0 Å².